The number of nitrogens with zero attached hydrogens (tertiary/aromatic N) is 6. The second kappa shape index (κ2) is 5.12. The molecule has 0 aliphatic carbocycles. The molecule has 0 N–H and O–H groups in total. The van der Waals surface area contributed by atoms with Crippen LogP contribution in [0.5, 0.6) is 5.75 Å². The molecule has 0 saturated heterocycles. The Morgan fingerprint density at radius 1 is 1.20 bits per heavy atom. The lowest BCUT2D eigenvalue weighted by Crippen LogP contribution is -2.03. The summed E-state index contributed by atoms with van der Waals surface area (Å²) in [5.74, 6) is 1.41. The zero-order valence-electron chi connectivity index (χ0n) is 11.3. The summed E-state index contributed by atoms with van der Waals surface area (Å²) in [7, 11) is 3.50. The van der Waals surface area contributed by atoms with Crippen LogP contribution in [0.1, 0.15) is 5.56 Å². The van der Waals surface area contributed by atoms with E-state index in [4.69, 9.17) is 4.74 Å². The molecule has 0 atom stereocenters. The van der Waals surface area contributed by atoms with Gasteiger partial charge in [0.15, 0.2) is 0 Å². The van der Waals surface area contributed by atoms with Crippen LogP contribution in [-0.2, 0) is 13.6 Å². The van der Waals surface area contributed by atoms with Gasteiger partial charge in [-0.15, -0.1) is 10.2 Å². The molecular formula is C13H14N6O. The third-order valence-corrected chi connectivity index (χ3v) is 2.90. The summed E-state index contributed by atoms with van der Waals surface area (Å²) in [6.07, 6.45) is 3.57. The predicted octanol–water partition coefficient (Wildman–Crippen LogP) is 1.13. The molecule has 0 radical (unpaired) electrons. The molecule has 20 heavy (non-hydrogen) atoms. The van der Waals surface area contributed by atoms with E-state index in [-0.39, 0.29) is 0 Å². The number of ether oxygens (including phenoxy) is 1. The molecule has 2 heterocycles. The van der Waals surface area contributed by atoms with E-state index in [9.17, 15) is 0 Å². The molecule has 102 valence electrons. The molecule has 7 heteroatoms. The Morgan fingerprint density at radius 2 is 2.00 bits per heavy atom. The maximum absolute atomic E-state index is 5.12. The Balaban J connectivity index is 1.76. The fourth-order valence-corrected chi connectivity index (χ4v) is 1.86. The van der Waals surface area contributed by atoms with Crippen LogP contribution in [-0.4, -0.2) is 37.1 Å². The van der Waals surface area contributed by atoms with Gasteiger partial charge in [-0.2, -0.15) is 9.90 Å². The molecule has 0 fully saturated rings. The number of tetrazole rings is 1. The highest BCUT2D eigenvalue weighted by atomic mass is 16.5. The van der Waals surface area contributed by atoms with Crippen molar-refractivity contribution in [1.82, 2.24) is 30.0 Å². The molecule has 0 aliphatic rings. The molecule has 0 unspecified atom stereocenters. The summed E-state index contributed by atoms with van der Waals surface area (Å²) in [5, 5.41) is 16.5. The zero-order chi connectivity index (χ0) is 13.9. The molecule has 0 bridgehead atoms. The van der Waals surface area contributed by atoms with Gasteiger partial charge in [0.25, 0.3) is 0 Å². The second-order valence-electron chi connectivity index (χ2n) is 4.39. The van der Waals surface area contributed by atoms with Crippen LogP contribution in [0.4, 0.5) is 0 Å². The summed E-state index contributed by atoms with van der Waals surface area (Å²) in [6, 6.07) is 7.78. The van der Waals surface area contributed by atoms with Crippen LogP contribution in [0.2, 0.25) is 0 Å². The van der Waals surface area contributed by atoms with Crippen molar-refractivity contribution >= 4 is 0 Å². The fraction of sp³-hybridized carbons (Fsp3) is 0.231. The van der Waals surface area contributed by atoms with Gasteiger partial charge >= 0.3 is 0 Å². The van der Waals surface area contributed by atoms with Gasteiger partial charge in [-0.05, 0) is 22.9 Å². The summed E-state index contributed by atoms with van der Waals surface area (Å²) >= 11 is 0. The lowest BCUT2D eigenvalue weighted by Gasteiger charge is -2.02. The number of hydrogen-bond acceptors (Lipinski definition) is 5. The normalized spacial score (nSPS) is 10.7. The summed E-state index contributed by atoms with van der Waals surface area (Å²) < 4.78 is 6.83. The second-order valence-corrected chi connectivity index (χ2v) is 4.39. The van der Waals surface area contributed by atoms with Gasteiger partial charge in [-0.3, -0.25) is 4.68 Å². The van der Waals surface area contributed by atoms with Gasteiger partial charge in [0.1, 0.15) is 5.75 Å². The summed E-state index contributed by atoms with van der Waals surface area (Å²) in [4.78, 5) is 1.56. The first-order valence-corrected chi connectivity index (χ1v) is 6.14. The fourth-order valence-electron chi connectivity index (χ4n) is 1.86. The van der Waals surface area contributed by atoms with Crippen LogP contribution in [0.15, 0.2) is 36.7 Å². The molecular weight excluding hydrogens is 256 g/mol. The van der Waals surface area contributed by atoms with Crippen molar-refractivity contribution in [1.29, 1.82) is 0 Å². The van der Waals surface area contributed by atoms with E-state index >= 15 is 0 Å². The van der Waals surface area contributed by atoms with E-state index in [1.54, 1.807) is 22.8 Å². The van der Waals surface area contributed by atoms with Crippen LogP contribution in [0.3, 0.4) is 0 Å². The van der Waals surface area contributed by atoms with Gasteiger partial charge < -0.3 is 4.74 Å². The lowest BCUT2D eigenvalue weighted by molar-refractivity contribution is 0.414. The zero-order valence-corrected chi connectivity index (χ0v) is 11.3. The highest BCUT2D eigenvalue weighted by Crippen LogP contribution is 2.13. The van der Waals surface area contributed by atoms with Gasteiger partial charge in [0.2, 0.25) is 5.82 Å². The van der Waals surface area contributed by atoms with E-state index in [0.29, 0.717) is 12.4 Å². The van der Waals surface area contributed by atoms with E-state index in [0.717, 1.165) is 16.9 Å². The van der Waals surface area contributed by atoms with Crippen molar-refractivity contribution < 1.29 is 4.74 Å². The smallest absolute Gasteiger partial charge is 0.208 e. The Kier molecular flexibility index (Phi) is 3.16. The quantitative estimate of drug-likeness (QED) is 0.710. The van der Waals surface area contributed by atoms with Crippen molar-refractivity contribution in [2.75, 3.05) is 7.11 Å². The summed E-state index contributed by atoms with van der Waals surface area (Å²) in [6.45, 7) is 0.567. The van der Waals surface area contributed by atoms with Crippen LogP contribution in [0.25, 0.3) is 11.4 Å². The van der Waals surface area contributed by atoms with E-state index in [1.807, 2.05) is 37.5 Å². The molecule has 3 rings (SSSR count). The third kappa shape index (κ3) is 2.51. The van der Waals surface area contributed by atoms with Gasteiger partial charge in [-0.25, -0.2) is 0 Å². The van der Waals surface area contributed by atoms with Crippen molar-refractivity contribution in [3.8, 4) is 17.1 Å². The van der Waals surface area contributed by atoms with Crippen LogP contribution >= 0.6 is 0 Å². The number of benzene rings is 1. The Hall–Kier alpha value is -2.70. The molecule has 0 amide bonds. The summed E-state index contributed by atoms with van der Waals surface area (Å²) in [5.41, 5.74) is 1.94. The first-order chi connectivity index (χ1) is 9.74. The van der Waals surface area contributed by atoms with Gasteiger partial charge in [0.05, 0.1) is 25.4 Å². The number of aromatic nitrogens is 6. The molecule has 0 spiro atoms. The standard InChI is InChI=1S/C13H14N6O/c1-18-9-11(7-14-18)13-15-17-19(16-13)8-10-3-5-12(20-2)6-4-10/h3-7,9H,8H2,1-2H3. The lowest BCUT2D eigenvalue weighted by atomic mass is 10.2. The number of hydrogen-bond donors (Lipinski definition) is 0. The highest BCUT2D eigenvalue weighted by Gasteiger charge is 2.08. The molecule has 7 nitrogen and oxygen atoms in total. The van der Waals surface area contributed by atoms with E-state index in [2.05, 4.69) is 20.5 Å². The minimum Gasteiger partial charge on any atom is -0.497 e. The highest BCUT2D eigenvalue weighted by molar-refractivity contribution is 5.50. The Labute approximate surface area is 115 Å². The number of methoxy groups -OCH3 is 1. The largest absolute Gasteiger partial charge is 0.497 e. The minimum atomic E-state index is 0.567. The molecule has 1 aromatic carbocycles. The van der Waals surface area contributed by atoms with Crippen molar-refractivity contribution in [2.24, 2.45) is 7.05 Å². The van der Waals surface area contributed by atoms with Crippen molar-refractivity contribution in [3.63, 3.8) is 0 Å². The average molecular weight is 270 g/mol. The van der Waals surface area contributed by atoms with E-state index < -0.39 is 0 Å². The maximum Gasteiger partial charge on any atom is 0.208 e. The van der Waals surface area contributed by atoms with Crippen LogP contribution in [0, 0.1) is 0 Å². The van der Waals surface area contributed by atoms with E-state index in [1.165, 1.54) is 0 Å². The Bertz CT molecular complexity index is 700. The monoisotopic (exact) mass is 270 g/mol. The molecule has 2 aromatic heterocycles. The van der Waals surface area contributed by atoms with Crippen molar-refractivity contribution in [2.45, 2.75) is 6.54 Å². The molecule has 0 saturated carbocycles. The van der Waals surface area contributed by atoms with Crippen molar-refractivity contribution in [3.05, 3.63) is 42.2 Å². The van der Waals surface area contributed by atoms with Gasteiger partial charge in [0, 0.05) is 13.2 Å². The molecule has 0 aliphatic heterocycles. The average Bonchev–Trinajstić information content (AvgIpc) is 3.09. The predicted molar refractivity (Wildman–Crippen MR) is 72.1 cm³/mol. The topological polar surface area (TPSA) is 70.7 Å². The number of aryl methyl sites for hydroxylation is 1. The maximum atomic E-state index is 5.12. The first kappa shape index (κ1) is 12.3. The third-order valence-electron chi connectivity index (χ3n) is 2.90. The molecule has 3 aromatic rings. The SMILES string of the molecule is COc1ccc(Cn2nnc(-c3cnn(C)c3)n2)cc1. The number of rotatable bonds is 4. The minimum absolute atomic E-state index is 0.567. The Morgan fingerprint density at radius 3 is 2.65 bits per heavy atom. The first-order valence-electron chi connectivity index (χ1n) is 6.14. The van der Waals surface area contributed by atoms with Gasteiger partial charge in [-0.1, -0.05) is 12.1 Å². The van der Waals surface area contributed by atoms with Crippen LogP contribution < -0.4 is 4.74 Å².